The van der Waals surface area contributed by atoms with Crippen LogP contribution < -0.4 is 0 Å². The number of nitrogens with zero attached hydrogens (tertiary/aromatic N) is 2. The summed E-state index contributed by atoms with van der Waals surface area (Å²) in [4.78, 5) is 18.7. The summed E-state index contributed by atoms with van der Waals surface area (Å²) >= 11 is 1.71. The molecule has 0 radical (unpaired) electrons. The van der Waals surface area contributed by atoms with Gasteiger partial charge in [-0.25, -0.2) is 4.79 Å². The molecule has 0 spiro atoms. The Kier molecular flexibility index (Phi) is 4.21. The SMILES string of the molecule is O=C(O[C@H]1CN2CCC1CC2)N1CCc2ccccc2C1c1cccs1. The van der Waals surface area contributed by atoms with E-state index in [1.807, 2.05) is 4.90 Å². The van der Waals surface area contributed by atoms with Gasteiger partial charge >= 0.3 is 6.09 Å². The summed E-state index contributed by atoms with van der Waals surface area (Å²) in [5.41, 5.74) is 2.59. The fraction of sp³-hybridized carbons (Fsp3) is 0.476. The van der Waals surface area contributed by atoms with E-state index in [1.54, 1.807) is 11.3 Å². The van der Waals surface area contributed by atoms with E-state index in [-0.39, 0.29) is 18.2 Å². The Morgan fingerprint density at radius 2 is 1.92 bits per heavy atom. The molecule has 2 aromatic rings. The number of carbonyl (C=O) groups is 1. The maximum atomic E-state index is 13.1. The molecule has 0 saturated carbocycles. The minimum absolute atomic E-state index is 0.0199. The first-order chi connectivity index (χ1) is 12.8. The first-order valence-corrected chi connectivity index (χ1v) is 10.5. The Hall–Kier alpha value is -1.85. The Balaban J connectivity index is 1.41. The van der Waals surface area contributed by atoms with E-state index in [2.05, 4.69) is 46.7 Å². The summed E-state index contributed by atoms with van der Waals surface area (Å²) in [5, 5.41) is 2.09. The van der Waals surface area contributed by atoms with E-state index >= 15 is 0 Å². The fourth-order valence-electron chi connectivity index (χ4n) is 4.76. The van der Waals surface area contributed by atoms with Gasteiger partial charge in [0.15, 0.2) is 0 Å². The number of benzene rings is 1. The normalized spacial score (nSPS) is 30.1. The Morgan fingerprint density at radius 3 is 2.65 bits per heavy atom. The number of amides is 1. The van der Waals surface area contributed by atoms with Crippen LogP contribution in [0.25, 0.3) is 0 Å². The maximum Gasteiger partial charge on any atom is 0.410 e. The molecule has 1 aromatic heterocycles. The number of rotatable bonds is 2. The van der Waals surface area contributed by atoms with Gasteiger partial charge in [-0.15, -0.1) is 11.3 Å². The topological polar surface area (TPSA) is 32.8 Å². The molecule has 136 valence electrons. The van der Waals surface area contributed by atoms with Crippen LogP contribution in [0.1, 0.15) is 34.9 Å². The van der Waals surface area contributed by atoms with Crippen LogP contribution >= 0.6 is 11.3 Å². The highest BCUT2D eigenvalue weighted by atomic mass is 32.1. The standard InChI is InChI=1S/C21H24N2O2S/c24-21(25-18-14-22-10-7-16(18)8-11-22)23-12-9-15-4-1-2-5-17(15)20(23)19-6-3-13-26-19/h1-6,13,16,18,20H,7-12,14H2/t18-,20?/m0/s1. The lowest BCUT2D eigenvalue weighted by atomic mass is 9.86. The Morgan fingerprint density at radius 1 is 1.08 bits per heavy atom. The van der Waals surface area contributed by atoms with Gasteiger partial charge in [-0.3, -0.25) is 9.80 Å². The molecule has 0 N–H and O–H groups in total. The zero-order chi connectivity index (χ0) is 17.5. The Bertz CT molecular complexity index is 783. The first kappa shape index (κ1) is 16.3. The second kappa shape index (κ2) is 6.71. The van der Waals surface area contributed by atoms with Crippen molar-refractivity contribution in [3.8, 4) is 0 Å². The second-order valence-corrected chi connectivity index (χ2v) is 8.60. The van der Waals surface area contributed by atoms with Crippen LogP contribution in [-0.2, 0) is 11.2 Å². The average molecular weight is 369 g/mol. The number of carbonyl (C=O) groups excluding carboxylic acids is 1. The summed E-state index contributed by atoms with van der Waals surface area (Å²) < 4.78 is 6.06. The van der Waals surface area contributed by atoms with Crippen LogP contribution in [0.15, 0.2) is 41.8 Å². The number of piperidine rings is 3. The lowest BCUT2D eigenvalue weighted by molar-refractivity contribution is -0.0461. The smallest absolute Gasteiger partial charge is 0.410 e. The molecule has 26 heavy (non-hydrogen) atoms. The quantitative estimate of drug-likeness (QED) is 0.805. The van der Waals surface area contributed by atoms with Crippen LogP contribution in [0.4, 0.5) is 4.79 Å². The van der Waals surface area contributed by atoms with Crippen molar-refractivity contribution in [2.75, 3.05) is 26.2 Å². The van der Waals surface area contributed by atoms with E-state index in [1.165, 1.54) is 16.0 Å². The minimum Gasteiger partial charge on any atom is -0.444 e. The molecule has 0 aliphatic carbocycles. The van der Waals surface area contributed by atoms with Gasteiger partial charge in [-0.1, -0.05) is 30.3 Å². The molecule has 3 fully saturated rings. The molecule has 5 heteroatoms. The van der Waals surface area contributed by atoms with Crippen molar-refractivity contribution in [1.29, 1.82) is 0 Å². The lowest BCUT2D eigenvalue weighted by Gasteiger charge is -2.45. The molecule has 5 heterocycles. The lowest BCUT2D eigenvalue weighted by Crippen LogP contribution is -2.53. The van der Waals surface area contributed by atoms with Crippen molar-refractivity contribution in [3.05, 3.63) is 57.8 Å². The van der Waals surface area contributed by atoms with Gasteiger partial charge in [0, 0.05) is 18.0 Å². The third-order valence-corrected chi connectivity index (χ3v) is 7.10. The highest BCUT2D eigenvalue weighted by Gasteiger charge is 2.39. The van der Waals surface area contributed by atoms with Gasteiger partial charge in [0.2, 0.25) is 0 Å². The van der Waals surface area contributed by atoms with Crippen molar-refractivity contribution in [1.82, 2.24) is 9.80 Å². The largest absolute Gasteiger partial charge is 0.444 e. The van der Waals surface area contributed by atoms with E-state index in [0.717, 1.165) is 45.4 Å². The minimum atomic E-state index is -0.142. The fourth-order valence-corrected chi connectivity index (χ4v) is 5.61. The van der Waals surface area contributed by atoms with E-state index in [9.17, 15) is 4.79 Å². The summed E-state index contributed by atoms with van der Waals surface area (Å²) in [7, 11) is 0. The molecule has 2 atom stereocenters. The van der Waals surface area contributed by atoms with Gasteiger partial charge in [0.1, 0.15) is 6.10 Å². The summed E-state index contributed by atoms with van der Waals surface area (Å²) in [5.74, 6) is 0.543. The molecule has 2 bridgehead atoms. The molecule has 1 amide bonds. The summed E-state index contributed by atoms with van der Waals surface area (Å²) in [6.07, 6.45) is 3.14. The molecule has 4 nitrogen and oxygen atoms in total. The van der Waals surface area contributed by atoms with Gasteiger partial charge in [0.05, 0.1) is 6.04 Å². The van der Waals surface area contributed by atoms with Crippen LogP contribution in [0.2, 0.25) is 0 Å². The zero-order valence-electron chi connectivity index (χ0n) is 14.8. The van der Waals surface area contributed by atoms with Gasteiger partial charge in [-0.05, 0) is 60.8 Å². The van der Waals surface area contributed by atoms with Gasteiger partial charge < -0.3 is 4.74 Å². The van der Waals surface area contributed by atoms with E-state index in [4.69, 9.17) is 4.74 Å². The molecule has 4 aliphatic rings. The van der Waals surface area contributed by atoms with Crippen LogP contribution in [0.3, 0.4) is 0 Å². The average Bonchev–Trinajstić information content (AvgIpc) is 3.22. The molecule has 1 aromatic carbocycles. The molecular weight excluding hydrogens is 344 g/mol. The van der Waals surface area contributed by atoms with Crippen molar-refractivity contribution >= 4 is 17.4 Å². The van der Waals surface area contributed by atoms with Crippen molar-refractivity contribution < 1.29 is 9.53 Å². The summed E-state index contributed by atoms with van der Waals surface area (Å²) in [6.45, 7) is 3.95. The first-order valence-electron chi connectivity index (χ1n) is 9.60. The molecule has 1 unspecified atom stereocenters. The van der Waals surface area contributed by atoms with E-state index in [0.29, 0.717) is 5.92 Å². The Labute approximate surface area is 158 Å². The number of fused-ring (bicyclic) bond motifs is 4. The number of ether oxygens (including phenoxy) is 1. The van der Waals surface area contributed by atoms with Crippen LogP contribution in [0.5, 0.6) is 0 Å². The number of hydrogen-bond acceptors (Lipinski definition) is 4. The van der Waals surface area contributed by atoms with Crippen LogP contribution in [0, 0.1) is 5.92 Å². The highest BCUT2D eigenvalue weighted by molar-refractivity contribution is 7.10. The van der Waals surface area contributed by atoms with Crippen LogP contribution in [-0.4, -0.2) is 48.2 Å². The third-order valence-electron chi connectivity index (χ3n) is 6.18. The predicted molar refractivity (Wildman–Crippen MR) is 102 cm³/mol. The van der Waals surface area contributed by atoms with Crippen molar-refractivity contribution in [2.24, 2.45) is 5.92 Å². The molecule has 4 aliphatic heterocycles. The number of thiophene rings is 1. The highest BCUT2D eigenvalue weighted by Crippen LogP contribution is 2.38. The molecule has 3 saturated heterocycles. The van der Waals surface area contributed by atoms with Crippen molar-refractivity contribution in [2.45, 2.75) is 31.4 Å². The zero-order valence-corrected chi connectivity index (χ0v) is 15.7. The third kappa shape index (κ3) is 2.83. The predicted octanol–water partition coefficient (Wildman–Crippen LogP) is 3.93. The summed E-state index contributed by atoms with van der Waals surface area (Å²) in [6, 6.07) is 12.7. The maximum absolute atomic E-state index is 13.1. The van der Waals surface area contributed by atoms with Gasteiger partial charge in [-0.2, -0.15) is 0 Å². The van der Waals surface area contributed by atoms with Crippen molar-refractivity contribution in [3.63, 3.8) is 0 Å². The second-order valence-electron chi connectivity index (χ2n) is 7.62. The van der Waals surface area contributed by atoms with Gasteiger partial charge in [0.25, 0.3) is 0 Å². The van der Waals surface area contributed by atoms with E-state index < -0.39 is 0 Å². The number of hydrogen-bond donors (Lipinski definition) is 0. The molecular formula is C21H24N2O2S. The molecule has 6 rings (SSSR count). The monoisotopic (exact) mass is 368 g/mol.